The molecule has 3 heteroatoms. The number of hydrogen-bond donors (Lipinski definition) is 2. The van der Waals surface area contributed by atoms with Crippen molar-refractivity contribution in [1.82, 2.24) is 5.32 Å². The second-order valence-electron chi connectivity index (χ2n) is 4.77. The molecule has 0 aromatic carbocycles. The zero-order valence-corrected chi connectivity index (χ0v) is 8.60. The third-order valence-corrected chi connectivity index (χ3v) is 2.43. The van der Waals surface area contributed by atoms with E-state index in [1.54, 1.807) is 0 Å². The molecule has 0 spiro atoms. The lowest BCUT2D eigenvalue weighted by atomic mass is 9.85. The molecule has 0 heterocycles. The predicted octanol–water partition coefficient (Wildman–Crippen LogP) is 1.03. The topological polar surface area (TPSA) is 55.1 Å². The lowest BCUT2D eigenvalue weighted by molar-refractivity contribution is -0.122. The highest BCUT2D eigenvalue weighted by Crippen LogP contribution is 2.25. The lowest BCUT2D eigenvalue weighted by Crippen LogP contribution is -2.40. The Hall–Kier alpha value is -0.570. The second kappa shape index (κ2) is 4.09. The number of carbonyl (C=O) groups is 1. The van der Waals surface area contributed by atoms with E-state index in [-0.39, 0.29) is 11.4 Å². The van der Waals surface area contributed by atoms with Gasteiger partial charge in [-0.05, 0) is 32.6 Å². The summed E-state index contributed by atoms with van der Waals surface area (Å²) in [6.07, 6.45) is 4.28. The summed E-state index contributed by atoms with van der Waals surface area (Å²) < 4.78 is 0. The summed E-state index contributed by atoms with van der Waals surface area (Å²) in [4.78, 5) is 11.3. The Morgan fingerprint density at radius 1 is 1.54 bits per heavy atom. The van der Waals surface area contributed by atoms with Gasteiger partial charge in [0.2, 0.25) is 5.91 Å². The van der Waals surface area contributed by atoms with Crippen molar-refractivity contribution in [2.75, 3.05) is 6.54 Å². The van der Waals surface area contributed by atoms with Gasteiger partial charge in [-0.2, -0.15) is 0 Å². The van der Waals surface area contributed by atoms with E-state index in [0.717, 1.165) is 12.5 Å². The first-order valence-corrected chi connectivity index (χ1v) is 5.03. The van der Waals surface area contributed by atoms with Crippen LogP contribution in [0.15, 0.2) is 0 Å². The van der Waals surface area contributed by atoms with Crippen molar-refractivity contribution in [3.8, 4) is 0 Å². The first kappa shape index (κ1) is 10.5. The van der Waals surface area contributed by atoms with Gasteiger partial charge >= 0.3 is 0 Å². The Bertz CT molecular complexity index is 180. The van der Waals surface area contributed by atoms with E-state index in [0.29, 0.717) is 6.42 Å². The van der Waals surface area contributed by atoms with Crippen molar-refractivity contribution in [3.63, 3.8) is 0 Å². The first-order valence-electron chi connectivity index (χ1n) is 5.03. The molecule has 1 aliphatic carbocycles. The fraction of sp³-hybridized carbons (Fsp3) is 0.900. The van der Waals surface area contributed by atoms with E-state index in [1.165, 1.54) is 19.3 Å². The molecule has 76 valence electrons. The summed E-state index contributed by atoms with van der Waals surface area (Å²) in [6.45, 7) is 4.58. The van der Waals surface area contributed by atoms with Crippen LogP contribution in [0.5, 0.6) is 0 Å². The van der Waals surface area contributed by atoms with E-state index < -0.39 is 0 Å². The van der Waals surface area contributed by atoms with Gasteiger partial charge in [0.1, 0.15) is 0 Å². The third-order valence-electron chi connectivity index (χ3n) is 2.43. The summed E-state index contributed by atoms with van der Waals surface area (Å²) in [7, 11) is 0. The van der Waals surface area contributed by atoms with Crippen LogP contribution in [0.1, 0.15) is 39.5 Å². The van der Waals surface area contributed by atoms with Crippen LogP contribution < -0.4 is 11.1 Å². The number of carbonyl (C=O) groups excluding carboxylic acids is 1. The molecule has 3 N–H and O–H groups in total. The maximum absolute atomic E-state index is 11.3. The van der Waals surface area contributed by atoms with Gasteiger partial charge in [-0.15, -0.1) is 0 Å². The number of rotatable bonds is 4. The molecular formula is C10H20N2O. The number of amides is 1. The first-order chi connectivity index (χ1) is 5.97. The number of nitrogens with two attached hydrogens (primary N) is 1. The molecule has 0 bridgehead atoms. The van der Waals surface area contributed by atoms with Crippen LogP contribution in [0, 0.1) is 5.92 Å². The predicted molar refractivity (Wildman–Crippen MR) is 53.2 cm³/mol. The van der Waals surface area contributed by atoms with Crippen molar-refractivity contribution in [2.24, 2.45) is 11.7 Å². The fourth-order valence-electron chi connectivity index (χ4n) is 1.43. The van der Waals surface area contributed by atoms with Gasteiger partial charge in [0.05, 0.1) is 0 Å². The van der Waals surface area contributed by atoms with Crippen molar-refractivity contribution < 1.29 is 4.79 Å². The van der Waals surface area contributed by atoms with Crippen LogP contribution in [0.25, 0.3) is 0 Å². The molecule has 0 radical (unpaired) electrons. The minimum absolute atomic E-state index is 0.0828. The Labute approximate surface area is 80.1 Å². The van der Waals surface area contributed by atoms with Gasteiger partial charge in [0.15, 0.2) is 0 Å². The maximum Gasteiger partial charge on any atom is 0.221 e. The maximum atomic E-state index is 11.3. The molecule has 1 saturated carbocycles. The number of nitrogens with one attached hydrogen (secondary N) is 1. The molecule has 1 aliphatic rings. The quantitative estimate of drug-likeness (QED) is 0.685. The van der Waals surface area contributed by atoms with E-state index >= 15 is 0 Å². The summed E-state index contributed by atoms with van der Waals surface area (Å²) in [5, 5.41) is 2.92. The molecule has 13 heavy (non-hydrogen) atoms. The molecular weight excluding hydrogens is 164 g/mol. The molecule has 1 fully saturated rings. The van der Waals surface area contributed by atoms with Gasteiger partial charge < -0.3 is 11.1 Å². The zero-order chi connectivity index (χ0) is 9.90. The zero-order valence-electron chi connectivity index (χ0n) is 8.60. The Kier molecular flexibility index (Phi) is 3.31. The summed E-state index contributed by atoms with van der Waals surface area (Å²) in [6, 6.07) is 0. The minimum atomic E-state index is -0.385. The monoisotopic (exact) mass is 184 g/mol. The third kappa shape index (κ3) is 4.27. The summed E-state index contributed by atoms with van der Waals surface area (Å²) in [5.41, 5.74) is 5.34. The second-order valence-corrected chi connectivity index (χ2v) is 4.77. The van der Waals surface area contributed by atoms with Crippen LogP contribution in [0.3, 0.4) is 0 Å². The van der Waals surface area contributed by atoms with Crippen LogP contribution in [-0.4, -0.2) is 18.0 Å². The average Bonchev–Trinajstić information content (AvgIpc) is 1.78. The fourth-order valence-corrected chi connectivity index (χ4v) is 1.43. The van der Waals surface area contributed by atoms with Crippen molar-refractivity contribution in [3.05, 3.63) is 0 Å². The van der Waals surface area contributed by atoms with Crippen LogP contribution in [0.2, 0.25) is 0 Å². The van der Waals surface area contributed by atoms with Crippen LogP contribution in [-0.2, 0) is 4.79 Å². The lowest BCUT2D eigenvalue weighted by Gasteiger charge is -2.26. The molecule has 0 aromatic rings. The summed E-state index contributed by atoms with van der Waals surface area (Å²) in [5.74, 6) is 0.809. The van der Waals surface area contributed by atoms with Crippen molar-refractivity contribution >= 4 is 5.91 Å². The van der Waals surface area contributed by atoms with E-state index in [9.17, 15) is 4.79 Å². The van der Waals surface area contributed by atoms with Crippen LogP contribution in [0.4, 0.5) is 0 Å². The minimum Gasteiger partial charge on any atom is -0.356 e. The Morgan fingerprint density at radius 3 is 2.54 bits per heavy atom. The van der Waals surface area contributed by atoms with Crippen molar-refractivity contribution in [1.29, 1.82) is 0 Å². The standard InChI is InChI=1S/C10H20N2O/c1-10(2,11)6-9(13)12-7-8-4-3-5-8/h8H,3-7,11H2,1-2H3,(H,12,13). The Balaban J connectivity index is 2.10. The molecule has 0 saturated heterocycles. The van der Waals surface area contributed by atoms with E-state index in [2.05, 4.69) is 5.32 Å². The average molecular weight is 184 g/mol. The Morgan fingerprint density at radius 2 is 2.15 bits per heavy atom. The van der Waals surface area contributed by atoms with Gasteiger partial charge in [-0.1, -0.05) is 6.42 Å². The van der Waals surface area contributed by atoms with Crippen molar-refractivity contribution in [2.45, 2.75) is 45.1 Å². The van der Waals surface area contributed by atoms with E-state index in [1.807, 2.05) is 13.8 Å². The molecule has 1 rings (SSSR count). The van der Waals surface area contributed by atoms with Gasteiger partial charge in [-0.25, -0.2) is 0 Å². The van der Waals surface area contributed by atoms with Crippen LogP contribution >= 0.6 is 0 Å². The normalized spacial score (nSPS) is 18.1. The molecule has 0 aliphatic heterocycles. The highest BCUT2D eigenvalue weighted by atomic mass is 16.1. The molecule has 0 unspecified atom stereocenters. The highest BCUT2D eigenvalue weighted by molar-refractivity contribution is 5.77. The molecule has 0 aromatic heterocycles. The van der Waals surface area contributed by atoms with Gasteiger partial charge in [-0.3, -0.25) is 4.79 Å². The SMILES string of the molecule is CC(C)(N)CC(=O)NCC1CCC1. The van der Waals surface area contributed by atoms with E-state index in [4.69, 9.17) is 5.73 Å². The molecule has 3 nitrogen and oxygen atoms in total. The number of hydrogen-bond acceptors (Lipinski definition) is 2. The van der Waals surface area contributed by atoms with Gasteiger partial charge in [0.25, 0.3) is 0 Å². The smallest absolute Gasteiger partial charge is 0.221 e. The highest BCUT2D eigenvalue weighted by Gasteiger charge is 2.20. The summed E-state index contributed by atoms with van der Waals surface area (Å²) >= 11 is 0. The van der Waals surface area contributed by atoms with Gasteiger partial charge in [0, 0.05) is 18.5 Å². The molecule has 0 atom stereocenters. The molecule has 1 amide bonds. The largest absolute Gasteiger partial charge is 0.356 e.